The second-order valence-corrected chi connectivity index (χ2v) is 22.5. The minimum atomic E-state index is -0.131. The van der Waals surface area contributed by atoms with Crippen LogP contribution in [0.25, 0.3) is 83.1 Å². The lowest BCUT2D eigenvalue weighted by Gasteiger charge is -2.30. The highest BCUT2D eigenvalue weighted by atomic mass is 15.1. The molecule has 2 heteroatoms. The van der Waals surface area contributed by atoms with Crippen molar-refractivity contribution in [3.63, 3.8) is 0 Å². The summed E-state index contributed by atoms with van der Waals surface area (Å²) in [6, 6.07) is 86.8. The summed E-state index contributed by atoms with van der Waals surface area (Å²) in [7, 11) is 0. The van der Waals surface area contributed by atoms with Crippen LogP contribution >= 0.6 is 0 Å². The van der Waals surface area contributed by atoms with E-state index in [0.29, 0.717) is 5.92 Å². The van der Waals surface area contributed by atoms with Crippen molar-refractivity contribution >= 4 is 38.9 Å². The molecule has 1 aromatic heterocycles. The van der Waals surface area contributed by atoms with Crippen LogP contribution in [0.5, 0.6) is 0 Å². The molecule has 13 rings (SSSR count). The van der Waals surface area contributed by atoms with Crippen LogP contribution in [0.15, 0.2) is 231 Å². The summed E-state index contributed by atoms with van der Waals surface area (Å²) < 4.78 is 2.50. The first-order chi connectivity index (χ1) is 37.9. The number of aromatic nitrogens is 1. The molecule has 0 spiro atoms. The van der Waals surface area contributed by atoms with Crippen LogP contribution in [0.4, 0.5) is 17.1 Å². The molecule has 0 N–H and O–H groups in total. The lowest BCUT2D eigenvalue weighted by molar-refractivity contribution is 0.444. The third kappa shape index (κ3) is 9.18. The average molecular weight is 997 g/mol. The third-order valence-corrected chi connectivity index (χ3v) is 17.3. The summed E-state index contributed by atoms with van der Waals surface area (Å²) in [6.45, 7) is 7.03. The summed E-state index contributed by atoms with van der Waals surface area (Å²) in [5.74, 6) is 0.676. The Morgan fingerprint density at radius 1 is 0.429 bits per heavy atom. The molecule has 1 fully saturated rings. The smallest absolute Gasteiger partial charge is 0.0541 e. The van der Waals surface area contributed by atoms with E-state index in [1.54, 1.807) is 0 Å². The van der Waals surface area contributed by atoms with Crippen molar-refractivity contribution < 1.29 is 0 Å². The number of benzene rings is 10. The molecule has 0 radical (unpaired) electrons. The maximum Gasteiger partial charge on any atom is 0.0541 e. The zero-order chi connectivity index (χ0) is 51.9. The predicted molar refractivity (Wildman–Crippen MR) is 328 cm³/mol. The number of hydrogen-bond acceptors (Lipinski definition) is 1. The van der Waals surface area contributed by atoms with Crippen LogP contribution < -0.4 is 4.90 Å². The van der Waals surface area contributed by atoms with Gasteiger partial charge in [-0.3, -0.25) is 0 Å². The highest BCUT2D eigenvalue weighted by Gasteiger charge is 2.36. The Labute approximate surface area is 456 Å². The van der Waals surface area contributed by atoms with Crippen molar-refractivity contribution in [3.8, 4) is 61.3 Å². The number of aryl methyl sites for hydroxylation is 1. The van der Waals surface area contributed by atoms with E-state index >= 15 is 0 Å². The Bertz CT molecular complexity index is 3870. The molecule has 0 unspecified atom stereocenters. The Balaban J connectivity index is 0.822. The molecule has 10 aromatic carbocycles. The molecule has 1 heterocycles. The van der Waals surface area contributed by atoms with E-state index < -0.39 is 0 Å². The number of rotatable bonds is 14. The van der Waals surface area contributed by atoms with Crippen LogP contribution in [0, 0.1) is 0 Å². The molecule has 0 saturated heterocycles. The van der Waals surface area contributed by atoms with Gasteiger partial charge in [0, 0.05) is 38.8 Å². The average Bonchev–Trinajstić information content (AvgIpc) is 3.98. The number of hydrogen-bond donors (Lipinski definition) is 0. The summed E-state index contributed by atoms with van der Waals surface area (Å²) >= 11 is 0. The predicted octanol–water partition coefficient (Wildman–Crippen LogP) is 21.4. The van der Waals surface area contributed by atoms with Crippen LogP contribution in [0.1, 0.15) is 107 Å². The normalized spacial score (nSPS) is 14.0. The largest absolute Gasteiger partial charge is 0.310 e. The van der Waals surface area contributed by atoms with Crippen LogP contribution in [-0.2, 0) is 11.8 Å². The minimum absolute atomic E-state index is 0.131. The lowest BCUT2D eigenvalue weighted by atomic mass is 9.82. The summed E-state index contributed by atoms with van der Waals surface area (Å²) in [5.41, 5.74) is 25.0. The van der Waals surface area contributed by atoms with Gasteiger partial charge in [-0.1, -0.05) is 217 Å². The third-order valence-electron chi connectivity index (χ3n) is 17.3. The number of fused-ring (bicyclic) bond motifs is 6. The van der Waals surface area contributed by atoms with Crippen molar-refractivity contribution in [1.82, 2.24) is 4.57 Å². The highest BCUT2D eigenvalue weighted by molar-refractivity contribution is 6.10. The van der Waals surface area contributed by atoms with E-state index in [4.69, 9.17) is 0 Å². The van der Waals surface area contributed by atoms with E-state index in [9.17, 15) is 0 Å². The monoisotopic (exact) mass is 997 g/mol. The minimum Gasteiger partial charge on any atom is -0.310 e. The molecule has 1 saturated carbocycles. The van der Waals surface area contributed by atoms with Crippen molar-refractivity contribution in [2.24, 2.45) is 0 Å². The number of unbranched alkanes of at least 4 members (excludes halogenated alkanes) is 3. The first kappa shape index (κ1) is 48.4. The van der Waals surface area contributed by atoms with E-state index in [1.165, 1.54) is 163 Å². The fourth-order valence-electron chi connectivity index (χ4n) is 13.1. The van der Waals surface area contributed by atoms with E-state index in [0.717, 1.165) is 23.5 Å². The van der Waals surface area contributed by atoms with Gasteiger partial charge in [0.1, 0.15) is 0 Å². The van der Waals surface area contributed by atoms with Gasteiger partial charge in [-0.2, -0.15) is 0 Å². The Hall–Kier alpha value is -8.20. The first-order valence-electron chi connectivity index (χ1n) is 28.6. The SMILES string of the molecule is CCCCCCc1ccc2c(c1)c1cc(C3CCCCC3)ccc1n2-c1ccc(-c2ccc(-c3ccc(N(c4ccc5c(c4)C(C)(C)c4ccccc4-5)c4ccc(-c5ccccc5)cc4-c4ccccc4)cc3)cc2)cc1. The number of nitrogens with zero attached hydrogens (tertiary/aromatic N) is 2. The van der Waals surface area contributed by atoms with Crippen molar-refractivity contribution in [2.75, 3.05) is 4.90 Å². The van der Waals surface area contributed by atoms with Crippen molar-refractivity contribution in [1.29, 1.82) is 0 Å². The summed E-state index contributed by atoms with van der Waals surface area (Å²) in [4.78, 5) is 2.47. The molecule has 2 aliphatic carbocycles. The van der Waals surface area contributed by atoms with Gasteiger partial charge in [0.2, 0.25) is 0 Å². The van der Waals surface area contributed by atoms with Gasteiger partial charge in [0.25, 0.3) is 0 Å². The van der Waals surface area contributed by atoms with Crippen LogP contribution in [0.3, 0.4) is 0 Å². The van der Waals surface area contributed by atoms with E-state index in [2.05, 4.69) is 261 Å². The molecule has 0 atom stereocenters. The molecule has 378 valence electrons. The maximum absolute atomic E-state index is 2.55. The topological polar surface area (TPSA) is 8.17 Å². The highest BCUT2D eigenvalue weighted by Crippen LogP contribution is 2.52. The lowest BCUT2D eigenvalue weighted by Crippen LogP contribution is -2.17. The molecule has 0 aliphatic heterocycles. The van der Waals surface area contributed by atoms with Gasteiger partial charge in [-0.05, 0) is 177 Å². The quantitative estimate of drug-likeness (QED) is 0.0986. The van der Waals surface area contributed by atoms with Gasteiger partial charge < -0.3 is 9.47 Å². The Kier molecular flexibility index (Phi) is 13.0. The van der Waals surface area contributed by atoms with Gasteiger partial charge >= 0.3 is 0 Å². The van der Waals surface area contributed by atoms with Gasteiger partial charge in [-0.25, -0.2) is 0 Å². The van der Waals surface area contributed by atoms with Crippen molar-refractivity contribution in [3.05, 3.63) is 253 Å². The molecule has 11 aromatic rings. The first-order valence-corrected chi connectivity index (χ1v) is 28.6. The molecule has 0 amide bonds. The fourth-order valence-corrected chi connectivity index (χ4v) is 13.1. The van der Waals surface area contributed by atoms with E-state index in [-0.39, 0.29) is 5.41 Å². The number of anilines is 3. The summed E-state index contributed by atoms with van der Waals surface area (Å²) in [6.07, 6.45) is 13.0. The zero-order valence-corrected chi connectivity index (χ0v) is 45.0. The van der Waals surface area contributed by atoms with Gasteiger partial charge in [0.15, 0.2) is 0 Å². The Morgan fingerprint density at radius 3 is 1.70 bits per heavy atom. The summed E-state index contributed by atoms with van der Waals surface area (Å²) in [5, 5.41) is 2.78. The van der Waals surface area contributed by atoms with Crippen molar-refractivity contribution in [2.45, 2.75) is 96.3 Å². The van der Waals surface area contributed by atoms with Crippen LogP contribution in [0.2, 0.25) is 0 Å². The second-order valence-electron chi connectivity index (χ2n) is 22.5. The molecule has 2 nitrogen and oxygen atoms in total. The standard InChI is InChI=1S/C75H68N2/c1-4-5-6-10-19-52-28-45-73-68(48-52)69-50-61(54-22-13-8-14-23-54)38-47-74(69)77(73)63-41-35-58(36-42-63)56-31-29-55(30-32-56)57-33-39-62(40-34-57)76(64-43-44-66-65-26-17-18-27-70(65)75(2,3)71(66)51-64)72-46-37-60(53-20-11-7-12-21-53)49-67(72)59-24-15-9-16-25-59/h7,9,11-12,15-18,20-21,24-51,54H,4-6,8,10,13-14,19,22-23H2,1-3H3. The molecular formula is C75H68N2. The molecule has 2 aliphatic rings. The molecular weight excluding hydrogens is 929 g/mol. The van der Waals surface area contributed by atoms with Gasteiger partial charge in [0.05, 0.1) is 16.7 Å². The zero-order valence-electron chi connectivity index (χ0n) is 45.0. The maximum atomic E-state index is 2.55. The van der Waals surface area contributed by atoms with E-state index in [1.807, 2.05) is 0 Å². The molecule has 0 bridgehead atoms. The molecule has 77 heavy (non-hydrogen) atoms. The van der Waals surface area contributed by atoms with Crippen LogP contribution in [-0.4, -0.2) is 4.57 Å². The fraction of sp³-hybridized carbons (Fsp3) is 0.200. The Morgan fingerprint density at radius 2 is 1.00 bits per heavy atom. The second kappa shape index (κ2) is 20.7. The van der Waals surface area contributed by atoms with Gasteiger partial charge in [-0.15, -0.1) is 0 Å².